The highest BCUT2D eigenvalue weighted by atomic mass is 32.1. The minimum Gasteiger partial charge on any atom is -0.327 e. The van der Waals surface area contributed by atoms with Gasteiger partial charge < -0.3 is 5.73 Å². The van der Waals surface area contributed by atoms with Gasteiger partial charge in [0, 0.05) is 11.4 Å². The Hall–Kier alpha value is -0.410. The molecular weight excluding hydrogens is 137 g/mol. The third kappa shape index (κ3) is 1.50. The van der Waals surface area contributed by atoms with Crippen molar-refractivity contribution < 1.29 is 4.39 Å². The van der Waals surface area contributed by atoms with Crippen LogP contribution in [0.3, 0.4) is 0 Å². The van der Waals surface area contributed by atoms with Crippen LogP contribution in [0.25, 0.3) is 0 Å². The second-order valence-corrected chi connectivity index (χ2v) is 2.70. The zero-order valence-corrected chi connectivity index (χ0v) is 5.70. The van der Waals surface area contributed by atoms with E-state index in [1.165, 1.54) is 11.3 Å². The standard InChI is InChI=1S/C6H8FNS/c7-5(4-8)6-2-1-3-9-6/h1-3,5H,4,8H2/t5-/m0/s1. The molecule has 0 aliphatic heterocycles. The zero-order chi connectivity index (χ0) is 6.69. The summed E-state index contributed by atoms with van der Waals surface area (Å²) in [5.74, 6) is 0. The Bertz CT molecular complexity index is 162. The van der Waals surface area contributed by atoms with Gasteiger partial charge in [0.1, 0.15) is 6.17 Å². The first-order valence-corrected chi connectivity index (χ1v) is 3.60. The molecule has 0 aliphatic rings. The fourth-order valence-electron chi connectivity index (χ4n) is 0.586. The van der Waals surface area contributed by atoms with E-state index in [-0.39, 0.29) is 6.54 Å². The van der Waals surface area contributed by atoms with Gasteiger partial charge >= 0.3 is 0 Å². The molecule has 1 aromatic heterocycles. The molecule has 1 heterocycles. The Morgan fingerprint density at radius 3 is 3.00 bits per heavy atom. The molecule has 9 heavy (non-hydrogen) atoms. The van der Waals surface area contributed by atoms with Gasteiger partial charge in [0.25, 0.3) is 0 Å². The second-order valence-electron chi connectivity index (χ2n) is 1.72. The highest BCUT2D eigenvalue weighted by Crippen LogP contribution is 2.20. The average Bonchev–Trinajstić information content (AvgIpc) is 2.37. The normalized spacial score (nSPS) is 13.6. The smallest absolute Gasteiger partial charge is 0.146 e. The number of rotatable bonds is 2. The highest BCUT2D eigenvalue weighted by molar-refractivity contribution is 7.10. The topological polar surface area (TPSA) is 26.0 Å². The molecule has 50 valence electrons. The van der Waals surface area contributed by atoms with Crippen LogP contribution in [0.5, 0.6) is 0 Å². The molecule has 3 heteroatoms. The van der Waals surface area contributed by atoms with Crippen molar-refractivity contribution in [2.75, 3.05) is 6.54 Å². The summed E-state index contributed by atoms with van der Waals surface area (Å²) in [6, 6.07) is 3.57. The van der Waals surface area contributed by atoms with Crippen LogP contribution in [0.15, 0.2) is 17.5 Å². The lowest BCUT2D eigenvalue weighted by Gasteiger charge is -1.98. The van der Waals surface area contributed by atoms with Crippen LogP contribution in [0.1, 0.15) is 11.0 Å². The van der Waals surface area contributed by atoms with Gasteiger partial charge in [-0.1, -0.05) is 6.07 Å². The minimum absolute atomic E-state index is 0.0838. The summed E-state index contributed by atoms with van der Waals surface area (Å²) in [6.07, 6.45) is -0.968. The van der Waals surface area contributed by atoms with Crippen molar-refractivity contribution in [2.45, 2.75) is 6.17 Å². The maximum atomic E-state index is 12.6. The fourth-order valence-corrected chi connectivity index (χ4v) is 1.30. The van der Waals surface area contributed by atoms with E-state index in [1.54, 1.807) is 6.07 Å². The summed E-state index contributed by atoms with van der Waals surface area (Å²) in [7, 11) is 0. The summed E-state index contributed by atoms with van der Waals surface area (Å²) in [5.41, 5.74) is 5.09. The Kier molecular flexibility index (Phi) is 2.19. The molecule has 0 spiro atoms. The Morgan fingerprint density at radius 2 is 2.56 bits per heavy atom. The summed E-state index contributed by atoms with van der Waals surface area (Å²) < 4.78 is 12.6. The van der Waals surface area contributed by atoms with Crippen molar-refractivity contribution in [1.82, 2.24) is 0 Å². The van der Waals surface area contributed by atoms with Gasteiger partial charge in [-0.3, -0.25) is 0 Å². The van der Waals surface area contributed by atoms with Crippen LogP contribution in [0, 0.1) is 0 Å². The Balaban J connectivity index is 2.65. The first-order valence-electron chi connectivity index (χ1n) is 2.72. The molecular formula is C6H8FNS. The molecule has 1 aromatic rings. The predicted octanol–water partition coefficient (Wildman–Crippen LogP) is 1.72. The summed E-state index contributed by atoms with van der Waals surface area (Å²) in [4.78, 5) is 0.720. The molecule has 1 rings (SSSR count). The van der Waals surface area contributed by atoms with E-state index in [1.807, 2.05) is 11.4 Å². The maximum Gasteiger partial charge on any atom is 0.146 e. The number of thiophene rings is 1. The largest absolute Gasteiger partial charge is 0.327 e. The van der Waals surface area contributed by atoms with Crippen molar-refractivity contribution in [3.05, 3.63) is 22.4 Å². The van der Waals surface area contributed by atoms with Gasteiger partial charge in [-0.05, 0) is 11.4 Å². The van der Waals surface area contributed by atoms with E-state index in [0.717, 1.165) is 4.88 Å². The van der Waals surface area contributed by atoms with Gasteiger partial charge in [-0.25, -0.2) is 4.39 Å². The number of alkyl halides is 1. The number of nitrogens with two attached hydrogens (primary N) is 1. The number of hydrogen-bond acceptors (Lipinski definition) is 2. The zero-order valence-electron chi connectivity index (χ0n) is 4.88. The lowest BCUT2D eigenvalue weighted by molar-refractivity contribution is 0.358. The molecule has 0 amide bonds. The molecule has 2 N–H and O–H groups in total. The molecule has 0 saturated carbocycles. The van der Waals surface area contributed by atoms with Gasteiger partial charge in [0.05, 0.1) is 0 Å². The van der Waals surface area contributed by atoms with Crippen LogP contribution in [-0.2, 0) is 0 Å². The van der Waals surface area contributed by atoms with Crippen LogP contribution in [0.4, 0.5) is 4.39 Å². The third-order valence-electron chi connectivity index (χ3n) is 1.06. The van der Waals surface area contributed by atoms with Gasteiger partial charge in [0.2, 0.25) is 0 Å². The van der Waals surface area contributed by atoms with E-state index in [0.29, 0.717) is 0 Å². The third-order valence-corrected chi connectivity index (χ3v) is 2.02. The molecule has 0 bridgehead atoms. The maximum absolute atomic E-state index is 12.6. The van der Waals surface area contributed by atoms with E-state index in [9.17, 15) is 4.39 Å². The molecule has 0 radical (unpaired) electrons. The number of hydrogen-bond donors (Lipinski definition) is 1. The summed E-state index contributed by atoms with van der Waals surface area (Å²) >= 11 is 1.40. The lowest BCUT2D eigenvalue weighted by atomic mass is 10.3. The summed E-state index contributed by atoms with van der Waals surface area (Å²) in [5, 5.41) is 1.84. The van der Waals surface area contributed by atoms with E-state index >= 15 is 0 Å². The van der Waals surface area contributed by atoms with Gasteiger partial charge in [0.15, 0.2) is 0 Å². The molecule has 1 atom stereocenters. The second kappa shape index (κ2) is 2.94. The van der Waals surface area contributed by atoms with E-state index in [2.05, 4.69) is 0 Å². The quantitative estimate of drug-likeness (QED) is 0.673. The summed E-state index contributed by atoms with van der Waals surface area (Å²) in [6.45, 7) is 0.0838. The minimum atomic E-state index is -0.968. The lowest BCUT2D eigenvalue weighted by Crippen LogP contribution is -2.05. The number of halogens is 1. The molecule has 0 fully saturated rings. The van der Waals surface area contributed by atoms with Gasteiger partial charge in [-0.2, -0.15) is 0 Å². The van der Waals surface area contributed by atoms with Crippen LogP contribution >= 0.6 is 11.3 Å². The average molecular weight is 145 g/mol. The first-order chi connectivity index (χ1) is 4.34. The van der Waals surface area contributed by atoms with E-state index < -0.39 is 6.17 Å². The van der Waals surface area contributed by atoms with Crippen LogP contribution in [0.2, 0.25) is 0 Å². The van der Waals surface area contributed by atoms with Crippen molar-refractivity contribution in [3.8, 4) is 0 Å². The highest BCUT2D eigenvalue weighted by Gasteiger charge is 2.05. The molecule has 1 nitrogen and oxygen atoms in total. The van der Waals surface area contributed by atoms with Crippen LogP contribution < -0.4 is 5.73 Å². The van der Waals surface area contributed by atoms with Crippen molar-refractivity contribution in [1.29, 1.82) is 0 Å². The fraction of sp³-hybridized carbons (Fsp3) is 0.333. The Morgan fingerprint density at radius 1 is 1.78 bits per heavy atom. The molecule has 0 unspecified atom stereocenters. The van der Waals surface area contributed by atoms with E-state index in [4.69, 9.17) is 5.73 Å². The molecule has 0 aliphatic carbocycles. The van der Waals surface area contributed by atoms with Gasteiger partial charge in [-0.15, -0.1) is 11.3 Å². The molecule has 0 saturated heterocycles. The SMILES string of the molecule is NC[C@H](F)c1cccs1. The first kappa shape index (κ1) is 6.71. The predicted molar refractivity (Wildman–Crippen MR) is 37.2 cm³/mol. The molecule has 0 aromatic carbocycles. The van der Waals surface area contributed by atoms with Crippen molar-refractivity contribution >= 4 is 11.3 Å². The monoisotopic (exact) mass is 145 g/mol. The van der Waals surface area contributed by atoms with Crippen molar-refractivity contribution in [3.63, 3.8) is 0 Å². The van der Waals surface area contributed by atoms with Crippen molar-refractivity contribution in [2.24, 2.45) is 5.73 Å². The Labute approximate surface area is 57.3 Å². The van der Waals surface area contributed by atoms with Crippen LogP contribution in [-0.4, -0.2) is 6.54 Å².